The molecule has 9 aromatic rings. The van der Waals surface area contributed by atoms with Crippen molar-refractivity contribution in [2.45, 2.75) is 0 Å². The van der Waals surface area contributed by atoms with Crippen molar-refractivity contribution < 1.29 is 0 Å². The Balaban J connectivity index is 1.37. The van der Waals surface area contributed by atoms with Crippen LogP contribution >= 0.6 is 0 Å². The van der Waals surface area contributed by atoms with Crippen LogP contribution in [0.4, 0.5) is 0 Å². The van der Waals surface area contributed by atoms with Crippen molar-refractivity contribution >= 4 is 64.9 Å². The fourth-order valence-corrected chi connectivity index (χ4v) is 6.72. The molecule has 1 heteroatoms. The minimum Gasteiger partial charge on any atom is -0.309 e. The summed E-state index contributed by atoms with van der Waals surface area (Å²) in [7, 11) is 0. The number of hydrogen-bond acceptors (Lipinski definition) is 0. The van der Waals surface area contributed by atoms with E-state index in [0.29, 0.717) is 0 Å². The van der Waals surface area contributed by atoms with Crippen molar-refractivity contribution in [1.82, 2.24) is 4.57 Å². The average Bonchev–Trinajstić information content (AvgIpc) is 3.34. The van der Waals surface area contributed by atoms with Gasteiger partial charge in [0.1, 0.15) is 0 Å². The molecule has 1 heterocycles. The monoisotopic (exact) mass is 493 g/mol. The molecule has 0 aliphatic heterocycles. The molecule has 0 amide bonds. The maximum atomic E-state index is 2.45. The lowest BCUT2D eigenvalue weighted by atomic mass is 9.91. The summed E-state index contributed by atoms with van der Waals surface area (Å²) in [5, 5.41) is 13.0. The van der Waals surface area contributed by atoms with Crippen LogP contribution in [0.3, 0.4) is 0 Å². The van der Waals surface area contributed by atoms with E-state index >= 15 is 0 Å². The smallest absolute Gasteiger partial charge is 0.0619 e. The minimum atomic E-state index is 1.18. The Kier molecular flexibility index (Phi) is 4.11. The topological polar surface area (TPSA) is 4.93 Å². The second kappa shape index (κ2) is 7.69. The summed E-state index contributed by atoms with van der Waals surface area (Å²) >= 11 is 0. The maximum Gasteiger partial charge on any atom is 0.0619 e. The van der Waals surface area contributed by atoms with Crippen molar-refractivity contribution in [2.75, 3.05) is 0 Å². The molecule has 1 nitrogen and oxygen atoms in total. The van der Waals surface area contributed by atoms with Gasteiger partial charge >= 0.3 is 0 Å². The van der Waals surface area contributed by atoms with Gasteiger partial charge in [-0.1, -0.05) is 109 Å². The molecule has 0 unspecified atom stereocenters. The van der Waals surface area contributed by atoms with E-state index in [-0.39, 0.29) is 0 Å². The van der Waals surface area contributed by atoms with Gasteiger partial charge in [-0.3, -0.25) is 0 Å². The maximum absolute atomic E-state index is 2.45. The van der Waals surface area contributed by atoms with E-state index in [1.54, 1.807) is 0 Å². The van der Waals surface area contributed by atoms with Gasteiger partial charge in [0.25, 0.3) is 0 Å². The minimum absolute atomic E-state index is 1.18. The highest BCUT2D eigenvalue weighted by Crippen LogP contribution is 2.40. The largest absolute Gasteiger partial charge is 0.309 e. The van der Waals surface area contributed by atoms with Crippen molar-refractivity contribution in [3.05, 3.63) is 140 Å². The van der Waals surface area contributed by atoms with Gasteiger partial charge in [-0.25, -0.2) is 0 Å². The number of benzene rings is 8. The van der Waals surface area contributed by atoms with Gasteiger partial charge in [-0.15, -0.1) is 0 Å². The Morgan fingerprint density at radius 1 is 0.359 bits per heavy atom. The summed E-state index contributed by atoms with van der Waals surface area (Å²) in [5.74, 6) is 0. The van der Waals surface area contributed by atoms with Crippen molar-refractivity contribution in [3.8, 4) is 16.8 Å². The van der Waals surface area contributed by atoms with Crippen LogP contribution in [0.5, 0.6) is 0 Å². The van der Waals surface area contributed by atoms with Gasteiger partial charge in [0.05, 0.1) is 11.0 Å². The third-order valence-electron chi connectivity index (χ3n) is 8.46. The molecule has 0 spiro atoms. The summed E-state index contributed by atoms with van der Waals surface area (Å²) in [6.45, 7) is 0. The molecular weight excluding hydrogens is 470 g/mol. The molecule has 9 rings (SSSR count). The van der Waals surface area contributed by atoms with E-state index in [4.69, 9.17) is 0 Å². The summed E-state index contributed by atoms with van der Waals surface area (Å²) in [6, 6.07) is 51.4. The first-order valence-corrected chi connectivity index (χ1v) is 13.5. The van der Waals surface area contributed by atoms with Gasteiger partial charge in [0, 0.05) is 21.8 Å². The molecule has 0 saturated carbocycles. The fourth-order valence-electron chi connectivity index (χ4n) is 6.72. The molecule has 0 atom stereocenters. The van der Waals surface area contributed by atoms with Gasteiger partial charge in [0.15, 0.2) is 0 Å². The van der Waals surface area contributed by atoms with Gasteiger partial charge in [-0.2, -0.15) is 0 Å². The highest BCUT2D eigenvalue weighted by Gasteiger charge is 2.16. The summed E-state index contributed by atoms with van der Waals surface area (Å²) < 4.78 is 2.45. The Labute approximate surface area is 225 Å². The third kappa shape index (κ3) is 2.90. The first-order valence-electron chi connectivity index (χ1n) is 13.5. The third-order valence-corrected chi connectivity index (χ3v) is 8.46. The highest BCUT2D eigenvalue weighted by atomic mass is 15.0. The molecule has 0 fully saturated rings. The summed E-state index contributed by atoms with van der Waals surface area (Å²) in [6.07, 6.45) is 0. The number of para-hydroxylation sites is 1. The van der Waals surface area contributed by atoms with E-state index in [2.05, 4.69) is 144 Å². The van der Waals surface area contributed by atoms with E-state index in [1.807, 2.05) is 0 Å². The predicted molar refractivity (Wildman–Crippen MR) is 167 cm³/mol. The number of fused-ring (bicyclic) bond motifs is 5. The highest BCUT2D eigenvalue weighted by molar-refractivity contribution is 6.24. The molecule has 0 N–H and O–H groups in total. The molecule has 0 saturated heterocycles. The SMILES string of the molecule is c1ccc(-n2c3cc(-c4cc5ccc6cccc7ccc(c4)c5c67)ccc3c3ccc4ccccc4c32)cc1. The molecule has 1 aromatic heterocycles. The van der Waals surface area contributed by atoms with Crippen LogP contribution in [0, 0.1) is 0 Å². The standard InChI is InChI=1S/C38H23N/c1-2-10-31(11-3-1)39-35-23-27(18-19-33(35)34-20-17-24-7-4-5-12-32(24)38(34)39)30-21-28-15-13-25-8-6-9-26-14-16-29(22-30)37(28)36(25)26/h1-23H. The van der Waals surface area contributed by atoms with E-state index in [1.165, 1.54) is 81.7 Å². The normalized spacial score (nSPS) is 12.1. The van der Waals surface area contributed by atoms with Crippen LogP contribution in [0.1, 0.15) is 0 Å². The number of nitrogens with zero attached hydrogens (tertiary/aromatic N) is 1. The lowest BCUT2D eigenvalue weighted by Gasteiger charge is -2.13. The van der Waals surface area contributed by atoms with Crippen LogP contribution in [0.15, 0.2) is 140 Å². The second-order valence-electron chi connectivity index (χ2n) is 10.6. The van der Waals surface area contributed by atoms with Crippen LogP contribution in [-0.4, -0.2) is 4.57 Å². The molecule has 8 aromatic carbocycles. The second-order valence-corrected chi connectivity index (χ2v) is 10.6. The molecule has 0 radical (unpaired) electrons. The Morgan fingerprint density at radius 3 is 1.77 bits per heavy atom. The lowest BCUT2D eigenvalue weighted by Crippen LogP contribution is -1.94. The Morgan fingerprint density at radius 2 is 0.974 bits per heavy atom. The van der Waals surface area contributed by atoms with Crippen LogP contribution in [-0.2, 0) is 0 Å². The zero-order valence-corrected chi connectivity index (χ0v) is 21.2. The zero-order chi connectivity index (χ0) is 25.5. The molecule has 0 aliphatic rings. The molecule has 0 aliphatic carbocycles. The summed E-state index contributed by atoms with van der Waals surface area (Å²) in [4.78, 5) is 0. The van der Waals surface area contributed by atoms with Gasteiger partial charge in [-0.05, 0) is 79.2 Å². The number of hydrogen-bond donors (Lipinski definition) is 0. The Hall–Kier alpha value is -5.14. The quantitative estimate of drug-likeness (QED) is 0.211. The predicted octanol–water partition coefficient (Wildman–Crippen LogP) is 10.5. The first kappa shape index (κ1) is 20.9. The zero-order valence-electron chi connectivity index (χ0n) is 21.2. The van der Waals surface area contributed by atoms with Gasteiger partial charge in [0.2, 0.25) is 0 Å². The average molecular weight is 494 g/mol. The van der Waals surface area contributed by atoms with Crippen LogP contribution in [0.25, 0.3) is 81.7 Å². The molecule has 39 heavy (non-hydrogen) atoms. The lowest BCUT2D eigenvalue weighted by molar-refractivity contribution is 1.19. The number of rotatable bonds is 2. The molecular formula is C38H23N. The molecule has 0 bridgehead atoms. The van der Waals surface area contributed by atoms with Crippen molar-refractivity contribution in [2.24, 2.45) is 0 Å². The van der Waals surface area contributed by atoms with E-state index in [0.717, 1.165) is 0 Å². The van der Waals surface area contributed by atoms with E-state index in [9.17, 15) is 0 Å². The van der Waals surface area contributed by atoms with E-state index < -0.39 is 0 Å². The fraction of sp³-hybridized carbons (Fsp3) is 0. The van der Waals surface area contributed by atoms with Crippen LogP contribution < -0.4 is 0 Å². The van der Waals surface area contributed by atoms with Gasteiger partial charge < -0.3 is 4.57 Å². The summed E-state index contributed by atoms with van der Waals surface area (Å²) in [5.41, 5.74) is 6.16. The molecule has 180 valence electrons. The van der Waals surface area contributed by atoms with Crippen LogP contribution in [0.2, 0.25) is 0 Å². The first-order chi connectivity index (χ1) is 19.3. The van der Waals surface area contributed by atoms with Crippen molar-refractivity contribution in [3.63, 3.8) is 0 Å². The number of aromatic nitrogens is 1. The van der Waals surface area contributed by atoms with Crippen molar-refractivity contribution in [1.29, 1.82) is 0 Å². The Bertz CT molecular complexity index is 2310.